The third-order valence-corrected chi connectivity index (χ3v) is 5.84. The van der Waals surface area contributed by atoms with E-state index >= 15 is 0 Å². The number of nitrogens with zero attached hydrogens (tertiary/aromatic N) is 2. The molecule has 0 saturated heterocycles. The maximum absolute atomic E-state index is 12.8. The van der Waals surface area contributed by atoms with Gasteiger partial charge in [0, 0.05) is 27.9 Å². The number of esters is 1. The first kappa shape index (κ1) is 26.6. The third-order valence-electron chi connectivity index (χ3n) is 4.80. The van der Waals surface area contributed by atoms with Gasteiger partial charge in [0.15, 0.2) is 0 Å². The number of amides is 1. The molecule has 0 fully saturated rings. The molecular formula is C25H17Br2N3O6. The zero-order valence-corrected chi connectivity index (χ0v) is 21.8. The van der Waals surface area contributed by atoms with Crippen LogP contribution >= 0.6 is 31.9 Å². The van der Waals surface area contributed by atoms with Crippen LogP contribution in [0, 0.1) is 21.4 Å². The Bertz CT molecular complexity index is 1380. The van der Waals surface area contributed by atoms with Crippen molar-refractivity contribution in [3.8, 4) is 11.8 Å². The van der Waals surface area contributed by atoms with E-state index in [0.717, 1.165) is 0 Å². The summed E-state index contributed by atoms with van der Waals surface area (Å²) in [6, 6.07) is 17.3. The highest BCUT2D eigenvalue weighted by Crippen LogP contribution is 2.35. The highest BCUT2D eigenvalue weighted by atomic mass is 79.9. The minimum absolute atomic E-state index is 0.0307. The third kappa shape index (κ3) is 6.78. The molecule has 0 bridgehead atoms. The second-order valence-electron chi connectivity index (χ2n) is 7.21. The zero-order chi connectivity index (χ0) is 26.2. The number of rotatable bonds is 8. The molecule has 3 rings (SSSR count). The van der Waals surface area contributed by atoms with Gasteiger partial charge < -0.3 is 14.8 Å². The number of halogens is 2. The summed E-state index contributed by atoms with van der Waals surface area (Å²) in [7, 11) is 1.27. The summed E-state index contributed by atoms with van der Waals surface area (Å²) in [5.74, 6) is -0.785. The van der Waals surface area contributed by atoms with Crippen LogP contribution in [0.25, 0.3) is 6.08 Å². The SMILES string of the molecule is COC(=O)c1ccc(NC(=O)/C(C#N)=C/c2cc(Br)cc(Br)c2OCc2ccc([N+](=O)[O-])cc2)cc1. The van der Waals surface area contributed by atoms with Crippen molar-refractivity contribution in [1.29, 1.82) is 5.26 Å². The lowest BCUT2D eigenvalue weighted by molar-refractivity contribution is -0.384. The van der Waals surface area contributed by atoms with E-state index in [1.165, 1.54) is 49.6 Å². The molecule has 1 amide bonds. The van der Waals surface area contributed by atoms with Crippen LogP contribution in [-0.2, 0) is 16.1 Å². The van der Waals surface area contributed by atoms with E-state index in [9.17, 15) is 25.0 Å². The molecule has 11 heteroatoms. The first-order valence-electron chi connectivity index (χ1n) is 10.2. The first-order valence-corrected chi connectivity index (χ1v) is 11.8. The Balaban J connectivity index is 1.83. The zero-order valence-electron chi connectivity index (χ0n) is 18.7. The molecule has 0 aliphatic heterocycles. The van der Waals surface area contributed by atoms with Crippen molar-refractivity contribution >= 4 is 61.2 Å². The van der Waals surface area contributed by atoms with E-state index in [1.54, 1.807) is 24.3 Å². The summed E-state index contributed by atoms with van der Waals surface area (Å²) in [4.78, 5) is 34.7. The molecule has 0 atom stereocenters. The number of non-ortho nitro benzene ring substituents is 1. The Morgan fingerprint density at radius 3 is 2.36 bits per heavy atom. The van der Waals surface area contributed by atoms with Gasteiger partial charge in [0.1, 0.15) is 24.0 Å². The van der Waals surface area contributed by atoms with Crippen LogP contribution in [0.1, 0.15) is 21.5 Å². The monoisotopic (exact) mass is 613 g/mol. The maximum atomic E-state index is 12.8. The Morgan fingerprint density at radius 2 is 1.78 bits per heavy atom. The number of carbonyl (C=O) groups excluding carboxylic acids is 2. The van der Waals surface area contributed by atoms with E-state index in [-0.39, 0.29) is 17.9 Å². The molecule has 3 aromatic rings. The van der Waals surface area contributed by atoms with Crippen LogP contribution in [0.3, 0.4) is 0 Å². The molecule has 3 aromatic carbocycles. The van der Waals surface area contributed by atoms with Gasteiger partial charge in [-0.15, -0.1) is 0 Å². The normalized spacial score (nSPS) is 10.8. The molecule has 182 valence electrons. The number of anilines is 1. The van der Waals surface area contributed by atoms with Gasteiger partial charge >= 0.3 is 5.97 Å². The van der Waals surface area contributed by atoms with E-state index in [4.69, 9.17) is 4.74 Å². The molecular weight excluding hydrogens is 598 g/mol. The Kier molecular flexibility index (Phi) is 8.94. The number of hydrogen-bond acceptors (Lipinski definition) is 7. The highest BCUT2D eigenvalue weighted by Gasteiger charge is 2.15. The van der Waals surface area contributed by atoms with Gasteiger partial charge in [-0.25, -0.2) is 4.79 Å². The van der Waals surface area contributed by atoms with Gasteiger partial charge in [0.05, 0.1) is 22.1 Å². The van der Waals surface area contributed by atoms with Crippen molar-refractivity contribution in [1.82, 2.24) is 0 Å². The van der Waals surface area contributed by atoms with Crippen LogP contribution in [-0.4, -0.2) is 23.9 Å². The number of nitriles is 1. The second-order valence-corrected chi connectivity index (χ2v) is 8.98. The number of nitrogens with one attached hydrogen (secondary N) is 1. The van der Waals surface area contributed by atoms with Crippen molar-refractivity contribution < 1.29 is 24.0 Å². The molecule has 0 saturated carbocycles. The molecule has 0 aliphatic carbocycles. The Labute approximate surface area is 222 Å². The van der Waals surface area contributed by atoms with Crippen molar-refractivity contribution in [2.45, 2.75) is 6.61 Å². The van der Waals surface area contributed by atoms with E-state index < -0.39 is 16.8 Å². The van der Waals surface area contributed by atoms with Crippen molar-refractivity contribution in [3.05, 3.63) is 102 Å². The largest absolute Gasteiger partial charge is 0.487 e. The number of nitro groups is 1. The lowest BCUT2D eigenvalue weighted by Crippen LogP contribution is -2.13. The fraction of sp³-hybridized carbons (Fsp3) is 0.0800. The van der Waals surface area contributed by atoms with Crippen molar-refractivity contribution in [3.63, 3.8) is 0 Å². The first-order chi connectivity index (χ1) is 17.2. The smallest absolute Gasteiger partial charge is 0.337 e. The lowest BCUT2D eigenvalue weighted by Gasteiger charge is -2.13. The fourth-order valence-electron chi connectivity index (χ4n) is 3.02. The molecule has 0 spiro atoms. The molecule has 0 radical (unpaired) electrons. The standard InChI is InChI=1S/C25H17Br2N3O6/c1-35-25(32)16-4-6-20(7-5-16)29-24(31)18(13-28)10-17-11-19(26)12-22(27)23(17)36-14-15-2-8-21(9-3-15)30(33)34/h2-12H,14H2,1H3,(H,29,31)/b18-10+. The van der Waals surface area contributed by atoms with Gasteiger partial charge in [0.2, 0.25) is 0 Å². The van der Waals surface area contributed by atoms with Crippen LogP contribution in [0.15, 0.2) is 75.2 Å². The quantitative estimate of drug-likeness (QED) is 0.108. The predicted octanol–water partition coefficient (Wildman–Crippen LogP) is 6.03. The fourth-order valence-corrected chi connectivity index (χ4v) is 4.39. The van der Waals surface area contributed by atoms with E-state index in [1.807, 2.05) is 6.07 Å². The van der Waals surface area contributed by atoms with Crippen LogP contribution in [0.5, 0.6) is 5.75 Å². The van der Waals surface area contributed by atoms with Gasteiger partial charge in [0.25, 0.3) is 11.6 Å². The topological polar surface area (TPSA) is 132 Å². The number of methoxy groups -OCH3 is 1. The lowest BCUT2D eigenvalue weighted by atomic mass is 10.1. The van der Waals surface area contributed by atoms with Crippen LogP contribution in [0.4, 0.5) is 11.4 Å². The van der Waals surface area contributed by atoms with Crippen molar-refractivity contribution in [2.75, 3.05) is 12.4 Å². The maximum Gasteiger partial charge on any atom is 0.337 e. The molecule has 0 heterocycles. The highest BCUT2D eigenvalue weighted by molar-refractivity contribution is 9.11. The minimum atomic E-state index is -0.652. The summed E-state index contributed by atoms with van der Waals surface area (Å²) in [5.41, 5.74) is 1.64. The van der Waals surface area contributed by atoms with Gasteiger partial charge in [-0.05, 0) is 76.1 Å². The number of ether oxygens (including phenoxy) is 2. The Hall–Kier alpha value is -4.01. The molecule has 1 N–H and O–H groups in total. The average Bonchev–Trinajstić information content (AvgIpc) is 2.86. The van der Waals surface area contributed by atoms with Gasteiger partial charge in [-0.1, -0.05) is 15.9 Å². The summed E-state index contributed by atoms with van der Waals surface area (Å²) >= 11 is 6.83. The predicted molar refractivity (Wildman–Crippen MR) is 139 cm³/mol. The summed E-state index contributed by atoms with van der Waals surface area (Å²) < 4.78 is 11.8. The summed E-state index contributed by atoms with van der Waals surface area (Å²) in [6.45, 7) is 0.0969. The van der Waals surface area contributed by atoms with Gasteiger partial charge in [-0.3, -0.25) is 14.9 Å². The molecule has 36 heavy (non-hydrogen) atoms. The Morgan fingerprint density at radius 1 is 1.11 bits per heavy atom. The molecule has 0 aliphatic rings. The number of carbonyl (C=O) groups is 2. The van der Waals surface area contributed by atoms with Gasteiger partial charge in [-0.2, -0.15) is 5.26 Å². The van der Waals surface area contributed by atoms with Crippen LogP contribution < -0.4 is 10.1 Å². The second kappa shape index (κ2) is 12.1. The number of nitro benzene ring substituents is 1. The number of hydrogen-bond donors (Lipinski definition) is 1. The van der Waals surface area contributed by atoms with E-state index in [2.05, 4.69) is 41.9 Å². The minimum Gasteiger partial charge on any atom is -0.487 e. The molecule has 0 unspecified atom stereocenters. The summed E-state index contributed by atoms with van der Waals surface area (Å²) in [5, 5.41) is 23.1. The average molecular weight is 615 g/mol. The van der Waals surface area contributed by atoms with E-state index in [0.29, 0.717) is 37.1 Å². The molecule has 0 aromatic heterocycles. The number of benzene rings is 3. The van der Waals surface area contributed by atoms with Crippen LogP contribution in [0.2, 0.25) is 0 Å². The summed E-state index contributed by atoms with van der Waals surface area (Å²) in [6.07, 6.45) is 1.39. The molecule has 9 nitrogen and oxygen atoms in total. The van der Waals surface area contributed by atoms with Crippen molar-refractivity contribution in [2.24, 2.45) is 0 Å².